The van der Waals surface area contributed by atoms with Crippen LogP contribution in [0.25, 0.3) is 0 Å². The molecule has 0 bridgehead atoms. The molecule has 1 unspecified atom stereocenters. The predicted molar refractivity (Wildman–Crippen MR) is 65.8 cm³/mol. The SMILES string of the molecule is COc1cc(CN)cc(Br)c1OCC(C)O. The zero-order valence-corrected chi connectivity index (χ0v) is 11.0. The van der Waals surface area contributed by atoms with Gasteiger partial charge in [0, 0.05) is 6.54 Å². The van der Waals surface area contributed by atoms with Crippen LogP contribution in [0.1, 0.15) is 12.5 Å². The third-order valence-corrected chi connectivity index (χ3v) is 2.58. The Kier molecular flexibility index (Phi) is 5.05. The van der Waals surface area contributed by atoms with Crippen LogP contribution in [0.15, 0.2) is 16.6 Å². The predicted octanol–water partition coefficient (Wildman–Crippen LogP) is 1.68. The van der Waals surface area contributed by atoms with Crippen molar-refractivity contribution in [1.29, 1.82) is 0 Å². The summed E-state index contributed by atoms with van der Waals surface area (Å²) < 4.78 is 11.4. The molecule has 0 amide bonds. The zero-order chi connectivity index (χ0) is 12.1. The Morgan fingerprint density at radius 1 is 1.50 bits per heavy atom. The van der Waals surface area contributed by atoms with Crippen LogP contribution in [0.2, 0.25) is 0 Å². The van der Waals surface area contributed by atoms with Gasteiger partial charge in [0.15, 0.2) is 11.5 Å². The third-order valence-electron chi connectivity index (χ3n) is 1.99. The second-order valence-electron chi connectivity index (χ2n) is 3.47. The Hall–Kier alpha value is -0.780. The highest BCUT2D eigenvalue weighted by molar-refractivity contribution is 9.10. The van der Waals surface area contributed by atoms with E-state index in [2.05, 4.69) is 15.9 Å². The molecule has 5 heteroatoms. The van der Waals surface area contributed by atoms with E-state index in [1.807, 2.05) is 12.1 Å². The fourth-order valence-corrected chi connectivity index (χ4v) is 1.84. The van der Waals surface area contributed by atoms with E-state index in [0.29, 0.717) is 18.0 Å². The van der Waals surface area contributed by atoms with Crippen molar-refractivity contribution >= 4 is 15.9 Å². The van der Waals surface area contributed by atoms with E-state index in [1.165, 1.54) is 0 Å². The number of halogens is 1. The summed E-state index contributed by atoms with van der Waals surface area (Å²) in [6, 6.07) is 3.70. The van der Waals surface area contributed by atoms with E-state index in [1.54, 1.807) is 14.0 Å². The maximum absolute atomic E-state index is 9.17. The average molecular weight is 290 g/mol. The van der Waals surface area contributed by atoms with Gasteiger partial charge in [-0.05, 0) is 40.5 Å². The Morgan fingerprint density at radius 3 is 2.69 bits per heavy atom. The molecule has 0 spiro atoms. The Balaban J connectivity index is 2.97. The van der Waals surface area contributed by atoms with Crippen molar-refractivity contribution in [3.8, 4) is 11.5 Å². The van der Waals surface area contributed by atoms with Crippen molar-refractivity contribution in [3.05, 3.63) is 22.2 Å². The van der Waals surface area contributed by atoms with Crippen molar-refractivity contribution < 1.29 is 14.6 Å². The van der Waals surface area contributed by atoms with Crippen molar-refractivity contribution in [2.24, 2.45) is 5.73 Å². The van der Waals surface area contributed by atoms with Gasteiger partial charge in [0.2, 0.25) is 0 Å². The van der Waals surface area contributed by atoms with Gasteiger partial charge in [-0.2, -0.15) is 0 Å². The molecule has 0 heterocycles. The van der Waals surface area contributed by atoms with E-state index < -0.39 is 6.10 Å². The first kappa shape index (κ1) is 13.3. The maximum atomic E-state index is 9.17. The normalized spacial score (nSPS) is 12.3. The minimum atomic E-state index is -0.522. The summed E-state index contributed by atoms with van der Waals surface area (Å²) >= 11 is 3.39. The van der Waals surface area contributed by atoms with Crippen molar-refractivity contribution in [3.63, 3.8) is 0 Å². The highest BCUT2D eigenvalue weighted by Gasteiger charge is 2.12. The van der Waals surface area contributed by atoms with Crippen LogP contribution >= 0.6 is 15.9 Å². The van der Waals surface area contributed by atoms with E-state index in [9.17, 15) is 0 Å². The number of methoxy groups -OCH3 is 1. The van der Waals surface area contributed by atoms with E-state index in [-0.39, 0.29) is 6.61 Å². The van der Waals surface area contributed by atoms with E-state index >= 15 is 0 Å². The summed E-state index contributed by atoms with van der Waals surface area (Å²) in [7, 11) is 1.57. The Bertz CT molecular complexity index is 355. The van der Waals surface area contributed by atoms with E-state index in [4.69, 9.17) is 20.3 Å². The molecule has 4 nitrogen and oxygen atoms in total. The van der Waals surface area contributed by atoms with E-state index in [0.717, 1.165) is 10.0 Å². The van der Waals surface area contributed by atoms with Gasteiger partial charge in [-0.1, -0.05) is 0 Å². The summed E-state index contributed by atoms with van der Waals surface area (Å²) in [5.41, 5.74) is 6.51. The molecule has 0 saturated carbocycles. The van der Waals surface area contributed by atoms with Gasteiger partial charge < -0.3 is 20.3 Å². The first-order valence-electron chi connectivity index (χ1n) is 4.95. The monoisotopic (exact) mass is 289 g/mol. The highest BCUT2D eigenvalue weighted by Crippen LogP contribution is 2.36. The van der Waals surface area contributed by atoms with Gasteiger partial charge in [0.05, 0.1) is 17.7 Å². The molecule has 0 aliphatic carbocycles. The summed E-state index contributed by atoms with van der Waals surface area (Å²) in [5.74, 6) is 1.19. The van der Waals surface area contributed by atoms with Gasteiger partial charge >= 0.3 is 0 Å². The lowest BCUT2D eigenvalue weighted by Crippen LogP contribution is -2.13. The fourth-order valence-electron chi connectivity index (χ4n) is 1.24. The third kappa shape index (κ3) is 3.37. The van der Waals surface area contributed by atoms with Crippen LogP contribution in [-0.2, 0) is 6.54 Å². The van der Waals surface area contributed by atoms with Crippen molar-refractivity contribution in [2.45, 2.75) is 19.6 Å². The molecule has 0 aromatic heterocycles. The lowest BCUT2D eigenvalue weighted by molar-refractivity contribution is 0.120. The second-order valence-corrected chi connectivity index (χ2v) is 4.33. The lowest BCUT2D eigenvalue weighted by Gasteiger charge is -2.14. The molecule has 0 aliphatic heterocycles. The standard InChI is InChI=1S/C11H16BrNO3/c1-7(14)6-16-11-9(12)3-8(5-13)4-10(11)15-2/h3-4,7,14H,5-6,13H2,1-2H3. The number of ether oxygens (including phenoxy) is 2. The van der Waals surface area contributed by atoms with Crippen LogP contribution in [0.5, 0.6) is 11.5 Å². The molecule has 1 rings (SSSR count). The molecular weight excluding hydrogens is 274 g/mol. The molecule has 16 heavy (non-hydrogen) atoms. The van der Waals surface area contributed by atoms with Crippen LogP contribution in [0.4, 0.5) is 0 Å². The minimum Gasteiger partial charge on any atom is -0.493 e. The second kappa shape index (κ2) is 6.08. The fraction of sp³-hybridized carbons (Fsp3) is 0.455. The van der Waals surface area contributed by atoms with Crippen LogP contribution in [-0.4, -0.2) is 24.9 Å². The topological polar surface area (TPSA) is 64.7 Å². The number of rotatable bonds is 5. The van der Waals surface area contributed by atoms with Crippen molar-refractivity contribution in [1.82, 2.24) is 0 Å². The van der Waals surface area contributed by atoms with Crippen molar-refractivity contribution in [2.75, 3.05) is 13.7 Å². The quantitative estimate of drug-likeness (QED) is 0.866. The van der Waals surface area contributed by atoms with Gasteiger partial charge in [-0.3, -0.25) is 0 Å². The summed E-state index contributed by atoms with van der Waals surface area (Å²) in [6.45, 7) is 2.32. The maximum Gasteiger partial charge on any atom is 0.175 e. The summed E-state index contributed by atoms with van der Waals surface area (Å²) in [6.07, 6.45) is -0.522. The number of nitrogens with two attached hydrogens (primary N) is 1. The molecule has 0 aliphatic rings. The minimum absolute atomic E-state index is 0.219. The van der Waals surface area contributed by atoms with Gasteiger partial charge in [0.1, 0.15) is 6.61 Å². The molecule has 90 valence electrons. The smallest absolute Gasteiger partial charge is 0.175 e. The molecule has 3 N–H and O–H groups in total. The molecule has 1 aromatic rings. The number of hydrogen-bond donors (Lipinski definition) is 2. The first-order chi connectivity index (χ1) is 7.58. The Labute approximate surface area is 103 Å². The number of aliphatic hydroxyl groups is 1. The number of aliphatic hydroxyl groups excluding tert-OH is 1. The van der Waals surface area contributed by atoms with Crippen LogP contribution in [0, 0.1) is 0 Å². The summed E-state index contributed by atoms with van der Waals surface area (Å²) in [4.78, 5) is 0. The molecule has 1 atom stereocenters. The zero-order valence-electron chi connectivity index (χ0n) is 9.37. The molecule has 0 saturated heterocycles. The molecule has 0 fully saturated rings. The summed E-state index contributed by atoms with van der Waals surface area (Å²) in [5, 5.41) is 9.17. The largest absolute Gasteiger partial charge is 0.493 e. The first-order valence-corrected chi connectivity index (χ1v) is 5.75. The van der Waals surface area contributed by atoms with Gasteiger partial charge in [0.25, 0.3) is 0 Å². The average Bonchev–Trinajstić information content (AvgIpc) is 2.26. The Morgan fingerprint density at radius 2 is 2.19 bits per heavy atom. The number of hydrogen-bond acceptors (Lipinski definition) is 4. The van der Waals surface area contributed by atoms with Gasteiger partial charge in [-0.15, -0.1) is 0 Å². The lowest BCUT2D eigenvalue weighted by atomic mass is 10.2. The van der Waals surface area contributed by atoms with Crippen LogP contribution < -0.4 is 15.2 Å². The molecule has 1 aromatic carbocycles. The van der Waals surface area contributed by atoms with Crippen LogP contribution in [0.3, 0.4) is 0 Å². The highest BCUT2D eigenvalue weighted by atomic mass is 79.9. The number of benzene rings is 1. The molecular formula is C11H16BrNO3. The van der Waals surface area contributed by atoms with Gasteiger partial charge in [-0.25, -0.2) is 0 Å². The molecule has 0 radical (unpaired) electrons.